The van der Waals surface area contributed by atoms with Gasteiger partial charge in [-0.2, -0.15) is 0 Å². The number of fused-ring (bicyclic) bond motifs is 1. The minimum Gasteiger partial charge on any atom is -0.455 e. The van der Waals surface area contributed by atoms with Crippen molar-refractivity contribution in [3.63, 3.8) is 0 Å². The molecule has 1 amide bonds. The molecule has 3 aromatic heterocycles. The first-order valence-corrected chi connectivity index (χ1v) is 21.8. The summed E-state index contributed by atoms with van der Waals surface area (Å²) >= 11 is 1.03. The SMILES string of the molecule is CC1CCC(CNc2ccc(SNC(=O)c3cnc(N4CCC5(CC4)CC(N4CCCC4c4ccccc4)C5)cc3Oc3cnc4[nH]ccc4c3)cc2[N+](=O)[O-])CC1. The third-order valence-corrected chi connectivity index (χ3v) is 14.1. The Morgan fingerprint density at radius 3 is 2.59 bits per heavy atom. The number of carbonyl (C=O) groups is 1. The Labute approximate surface area is 343 Å². The largest absolute Gasteiger partial charge is 0.455 e. The summed E-state index contributed by atoms with van der Waals surface area (Å²) in [4.78, 5) is 43.6. The number of nitrogens with one attached hydrogen (secondary N) is 3. The summed E-state index contributed by atoms with van der Waals surface area (Å²) in [6.07, 6.45) is 16.9. The maximum Gasteiger partial charge on any atom is 0.293 e. The number of nitrogens with zero attached hydrogens (tertiary/aromatic N) is 5. The average Bonchev–Trinajstić information content (AvgIpc) is 3.92. The molecule has 2 aliphatic heterocycles. The number of aromatic nitrogens is 3. The minimum atomic E-state index is -0.417. The summed E-state index contributed by atoms with van der Waals surface area (Å²) in [5.74, 6) is 2.48. The topological polar surface area (TPSA) is 142 Å². The van der Waals surface area contributed by atoms with Crippen molar-refractivity contribution in [2.24, 2.45) is 17.3 Å². The van der Waals surface area contributed by atoms with Crippen LogP contribution in [0.25, 0.3) is 11.0 Å². The van der Waals surface area contributed by atoms with E-state index in [-0.39, 0.29) is 16.2 Å². The highest BCUT2D eigenvalue weighted by Crippen LogP contribution is 2.54. The van der Waals surface area contributed by atoms with Gasteiger partial charge in [0.05, 0.1) is 11.1 Å². The van der Waals surface area contributed by atoms with Gasteiger partial charge in [0.15, 0.2) is 0 Å². The van der Waals surface area contributed by atoms with Crippen molar-refractivity contribution in [1.29, 1.82) is 0 Å². The Morgan fingerprint density at radius 1 is 0.983 bits per heavy atom. The molecule has 4 aliphatic rings. The molecule has 58 heavy (non-hydrogen) atoms. The number of hydrogen-bond donors (Lipinski definition) is 3. The van der Waals surface area contributed by atoms with Crippen LogP contribution in [0.15, 0.2) is 90.2 Å². The minimum absolute atomic E-state index is 0.0146. The number of H-pyrrole nitrogens is 1. The zero-order chi connectivity index (χ0) is 39.6. The van der Waals surface area contributed by atoms with E-state index in [2.05, 4.69) is 67.1 Å². The quantitative estimate of drug-likeness (QED) is 0.0634. The highest BCUT2D eigenvalue weighted by atomic mass is 32.2. The zero-order valence-corrected chi connectivity index (χ0v) is 33.9. The number of nitro groups is 1. The maximum atomic E-state index is 13.8. The van der Waals surface area contributed by atoms with Gasteiger partial charge in [0.1, 0.15) is 34.2 Å². The Balaban J connectivity index is 0.869. The molecule has 2 saturated carbocycles. The van der Waals surface area contributed by atoms with Gasteiger partial charge in [-0.3, -0.25) is 24.5 Å². The molecular weight excluding hydrogens is 749 g/mol. The van der Waals surface area contributed by atoms with E-state index in [0.717, 1.165) is 73.5 Å². The standard InChI is InChI=1S/C45H52N8O4S/c1-30-9-11-31(12-10-30)27-47-38-14-13-36(23-40(38)53(55)56)58-50-44(54)37-29-48-42(24-41(37)57-35-22-33-15-18-46-43(33)49-28-35)51-20-16-45(17-21-51)25-34(26-45)52-19-5-8-39(52)32-6-3-2-4-7-32/h2-4,6-7,13-15,18,22-24,28-31,34,39,47H,5,8-12,16-17,19-21,25-27H2,1H3,(H,46,49)(H,50,54). The van der Waals surface area contributed by atoms with Gasteiger partial charge in [-0.15, -0.1) is 0 Å². The van der Waals surface area contributed by atoms with E-state index in [1.807, 2.05) is 24.4 Å². The van der Waals surface area contributed by atoms with Crippen molar-refractivity contribution in [2.45, 2.75) is 88.1 Å². The van der Waals surface area contributed by atoms with Gasteiger partial charge in [-0.05, 0) is 117 Å². The highest BCUT2D eigenvalue weighted by molar-refractivity contribution is 7.98. The van der Waals surface area contributed by atoms with E-state index < -0.39 is 5.91 Å². The molecule has 5 heterocycles. The van der Waals surface area contributed by atoms with E-state index in [4.69, 9.17) is 9.72 Å². The summed E-state index contributed by atoms with van der Waals surface area (Å²) in [5, 5.41) is 16.3. The third kappa shape index (κ3) is 8.24. The molecule has 5 aromatic rings. The van der Waals surface area contributed by atoms with Crippen molar-refractivity contribution in [1.82, 2.24) is 24.6 Å². The van der Waals surface area contributed by atoms with Gasteiger partial charge in [-0.1, -0.05) is 50.1 Å². The van der Waals surface area contributed by atoms with Gasteiger partial charge in [-0.25, -0.2) is 9.97 Å². The van der Waals surface area contributed by atoms with Crippen LogP contribution in [-0.2, 0) is 0 Å². The van der Waals surface area contributed by atoms with Gasteiger partial charge in [0.25, 0.3) is 11.6 Å². The van der Waals surface area contributed by atoms with Crippen molar-refractivity contribution in [2.75, 3.05) is 36.4 Å². The molecule has 2 saturated heterocycles. The van der Waals surface area contributed by atoms with E-state index in [9.17, 15) is 14.9 Å². The fraction of sp³-hybridized carbons (Fsp3) is 0.444. The predicted octanol–water partition coefficient (Wildman–Crippen LogP) is 9.92. The smallest absolute Gasteiger partial charge is 0.293 e. The second kappa shape index (κ2) is 16.6. The summed E-state index contributed by atoms with van der Waals surface area (Å²) in [5.41, 5.74) is 3.30. The molecule has 2 aromatic carbocycles. The Bertz CT molecular complexity index is 2240. The lowest BCUT2D eigenvalue weighted by Gasteiger charge is -2.55. The Morgan fingerprint density at radius 2 is 1.79 bits per heavy atom. The van der Waals surface area contributed by atoms with Crippen LogP contribution >= 0.6 is 11.9 Å². The molecule has 1 atom stereocenters. The lowest BCUT2D eigenvalue weighted by atomic mass is 9.60. The first kappa shape index (κ1) is 38.4. The Hall–Kier alpha value is -5.14. The molecule has 3 N–H and O–H groups in total. The molecule has 0 radical (unpaired) electrons. The average molecular weight is 801 g/mol. The molecule has 13 heteroatoms. The number of anilines is 2. The van der Waals surface area contributed by atoms with E-state index >= 15 is 0 Å². The van der Waals surface area contributed by atoms with Crippen LogP contribution in [0.4, 0.5) is 17.2 Å². The van der Waals surface area contributed by atoms with Gasteiger partial charge >= 0.3 is 0 Å². The van der Waals surface area contributed by atoms with Crippen molar-refractivity contribution < 1.29 is 14.5 Å². The lowest BCUT2D eigenvalue weighted by molar-refractivity contribution is -0.384. The third-order valence-electron chi connectivity index (χ3n) is 13.3. The number of nitro benzene ring substituents is 1. The van der Waals surface area contributed by atoms with Crippen molar-refractivity contribution >= 4 is 46.1 Å². The fourth-order valence-corrected chi connectivity index (χ4v) is 10.5. The Kier molecular flexibility index (Phi) is 11.0. The molecule has 1 unspecified atom stereocenters. The first-order chi connectivity index (χ1) is 28.3. The van der Waals surface area contributed by atoms with Crippen LogP contribution in [0, 0.1) is 27.4 Å². The van der Waals surface area contributed by atoms with Crippen molar-refractivity contribution in [3.05, 3.63) is 107 Å². The second-order valence-electron chi connectivity index (χ2n) is 17.1. The molecule has 1 spiro atoms. The van der Waals surface area contributed by atoms with Crippen molar-refractivity contribution in [3.8, 4) is 11.5 Å². The lowest BCUT2D eigenvalue weighted by Crippen LogP contribution is -2.55. The second-order valence-corrected chi connectivity index (χ2v) is 17.9. The number of benzene rings is 2. The van der Waals surface area contributed by atoms with Crippen LogP contribution in [0.2, 0.25) is 0 Å². The van der Waals surface area contributed by atoms with Crippen LogP contribution in [0.3, 0.4) is 0 Å². The first-order valence-electron chi connectivity index (χ1n) is 21.0. The number of aromatic amines is 1. The summed E-state index contributed by atoms with van der Waals surface area (Å²) < 4.78 is 9.30. The number of likely N-dealkylation sites (tertiary alicyclic amines) is 1. The molecule has 4 fully saturated rings. The van der Waals surface area contributed by atoms with Gasteiger partial charge in [0, 0.05) is 66.5 Å². The number of pyridine rings is 2. The molecule has 12 nitrogen and oxygen atoms in total. The molecule has 0 bridgehead atoms. The predicted molar refractivity (Wildman–Crippen MR) is 228 cm³/mol. The van der Waals surface area contributed by atoms with Crippen LogP contribution in [-0.4, -0.2) is 62.9 Å². The molecule has 302 valence electrons. The summed E-state index contributed by atoms with van der Waals surface area (Å²) in [6, 6.07) is 22.9. The van der Waals surface area contributed by atoms with Gasteiger partial charge < -0.3 is 19.9 Å². The number of piperidine rings is 1. The summed E-state index contributed by atoms with van der Waals surface area (Å²) in [6.45, 7) is 5.97. The fourth-order valence-electron chi connectivity index (χ4n) is 9.83. The number of ether oxygens (including phenoxy) is 1. The number of rotatable bonds is 12. The highest BCUT2D eigenvalue weighted by Gasteiger charge is 2.50. The number of carbonyl (C=O) groups excluding carboxylic acids is 1. The zero-order valence-electron chi connectivity index (χ0n) is 33.1. The molecule has 9 rings (SSSR count). The van der Waals surface area contributed by atoms with E-state index in [1.165, 1.54) is 56.7 Å². The number of hydrogen-bond acceptors (Lipinski definition) is 10. The maximum absolute atomic E-state index is 13.8. The van der Waals surface area contributed by atoms with Crippen LogP contribution in [0.1, 0.15) is 93.1 Å². The van der Waals surface area contributed by atoms with Crippen LogP contribution < -0.4 is 19.7 Å². The summed E-state index contributed by atoms with van der Waals surface area (Å²) in [7, 11) is 0. The molecule has 2 aliphatic carbocycles. The van der Waals surface area contributed by atoms with Gasteiger partial charge in [0.2, 0.25) is 0 Å². The van der Waals surface area contributed by atoms with E-state index in [0.29, 0.717) is 52.0 Å². The van der Waals surface area contributed by atoms with E-state index in [1.54, 1.807) is 24.5 Å². The monoisotopic (exact) mass is 800 g/mol. The molecular formula is C45H52N8O4S. The normalized spacial score (nSPS) is 22.2. The number of amides is 1. The van der Waals surface area contributed by atoms with Crippen LogP contribution in [0.5, 0.6) is 11.5 Å².